The number of anilines is 1. The van der Waals surface area contributed by atoms with Crippen LogP contribution in [0.15, 0.2) is 46.0 Å². The Kier molecular flexibility index (Phi) is 7.52. The van der Waals surface area contributed by atoms with Gasteiger partial charge in [-0.2, -0.15) is 17.5 Å². The molecule has 2 N–H and O–H groups in total. The van der Waals surface area contributed by atoms with Crippen molar-refractivity contribution >= 4 is 27.0 Å². The van der Waals surface area contributed by atoms with Gasteiger partial charge >= 0.3 is 6.18 Å². The van der Waals surface area contributed by atoms with E-state index in [1.54, 1.807) is 29.6 Å². The fourth-order valence-electron chi connectivity index (χ4n) is 4.48. The van der Waals surface area contributed by atoms with Crippen molar-refractivity contribution in [3.63, 3.8) is 0 Å². The van der Waals surface area contributed by atoms with Crippen LogP contribution >= 0.6 is 11.3 Å². The van der Waals surface area contributed by atoms with Crippen molar-refractivity contribution in [2.45, 2.75) is 54.4 Å². The lowest BCUT2D eigenvalue weighted by molar-refractivity contribution is -0.258. The van der Waals surface area contributed by atoms with Crippen LogP contribution in [0, 0.1) is 0 Å². The Balaban J connectivity index is 1.56. The molecule has 3 heterocycles. The van der Waals surface area contributed by atoms with E-state index in [0.717, 1.165) is 6.92 Å². The number of hydrogen-bond donors (Lipinski definition) is 2. The normalized spacial score (nSPS) is 23.0. The first-order chi connectivity index (χ1) is 16.4. The maximum absolute atomic E-state index is 13.3. The van der Waals surface area contributed by atoms with Crippen molar-refractivity contribution in [1.82, 2.24) is 9.62 Å². The second-order valence-corrected chi connectivity index (χ2v) is 12.4. The number of sulfonamides is 1. The molecule has 0 aliphatic carbocycles. The Hall–Kier alpha value is -1.70. The molecular formula is C23H30F3N3O4S2. The number of benzene rings is 1. The standard InChI is InChI=1S/C23H30F3N3O4S2/c1-16(27-18-14-33-15-18)12-20-13-28(35(31,32)21-4-3-11-34-21)9-10-29(20)19-7-5-17(6-8-19)22(2,30)23(24,25)26/h3-8,11,16,18,20,27,30H,9-10,12-15H2,1-2H3/t16?,20-,22?/m0/s1. The van der Waals surface area contributed by atoms with Crippen LogP contribution in [-0.4, -0.2) is 75.0 Å². The minimum absolute atomic E-state index is 0.0750. The summed E-state index contributed by atoms with van der Waals surface area (Å²) in [5, 5.41) is 15.2. The lowest BCUT2D eigenvalue weighted by Gasteiger charge is -2.43. The molecule has 7 nitrogen and oxygen atoms in total. The summed E-state index contributed by atoms with van der Waals surface area (Å²) in [6, 6.07) is 9.11. The number of nitrogens with one attached hydrogen (secondary N) is 1. The lowest BCUT2D eigenvalue weighted by Crippen LogP contribution is -2.57. The van der Waals surface area contributed by atoms with Crippen LogP contribution in [0.3, 0.4) is 0 Å². The maximum Gasteiger partial charge on any atom is 0.421 e. The molecule has 194 valence electrons. The second-order valence-electron chi connectivity index (χ2n) is 9.30. The molecule has 12 heteroatoms. The molecule has 2 aromatic rings. The SMILES string of the molecule is CC(C[C@H]1CN(S(=O)(=O)c2cccs2)CCN1c1ccc(C(C)(O)C(F)(F)F)cc1)NC1COC1. The van der Waals surface area contributed by atoms with E-state index in [2.05, 4.69) is 5.32 Å². The molecule has 35 heavy (non-hydrogen) atoms. The third-order valence-electron chi connectivity index (χ3n) is 6.63. The first-order valence-corrected chi connectivity index (χ1v) is 13.8. The van der Waals surface area contributed by atoms with Gasteiger partial charge in [0.1, 0.15) is 4.21 Å². The van der Waals surface area contributed by atoms with E-state index in [1.807, 2.05) is 11.8 Å². The van der Waals surface area contributed by atoms with Gasteiger partial charge in [-0.05, 0) is 49.4 Å². The summed E-state index contributed by atoms with van der Waals surface area (Å²) in [6.45, 7) is 4.95. The summed E-state index contributed by atoms with van der Waals surface area (Å²) in [4.78, 5) is 2.04. The molecule has 1 aromatic carbocycles. The Morgan fingerprint density at radius 1 is 1.20 bits per heavy atom. The third-order valence-corrected chi connectivity index (χ3v) is 9.87. The number of piperazine rings is 1. The van der Waals surface area contributed by atoms with E-state index in [4.69, 9.17) is 4.74 Å². The number of ether oxygens (including phenoxy) is 1. The van der Waals surface area contributed by atoms with E-state index in [1.165, 1.54) is 27.8 Å². The molecule has 0 spiro atoms. The zero-order valence-electron chi connectivity index (χ0n) is 19.5. The van der Waals surface area contributed by atoms with Crippen LogP contribution in [0.5, 0.6) is 0 Å². The zero-order chi connectivity index (χ0) is 25.4. The van der Waals surface area contributed by atoms with Crippen LogP contribution < -0.4 is 10.2 Å². The van der Waals surface area contributed by atoms with Crippen molar-refractivity contribution in [3.05, 3.63) is 47.3 Å². The molecule has 2 fully saturated rings. The molecule has 0 radical (unpaired) electrons. The number of rotatable bonds is 8. The summed E-state index contributed by atoms with van der Waals surface area (Å²) in [5.41, 5.74) is -2.52. The van der Waals surface area contributed by atoms with E-state index >= 15 is 0 Å². The van der Waals surface area contributed by atoms with E-state index in [9.17, 15) is 26.7 Å². The van der Waals surface area contributed by atoms with Gasteiger partial charge < -0.3 is 20.1 Å². The number of aliphatic hydroxyl groups is 1. The highest BCUT2D eigenvalue weighted by molar-refractivity contribution is 7.91. The van der Waals surface area contributed by atoms with E-state index in [-0.39, 0.29) is 36.8 Å². The van der Waals surface area contributed by atoms with Gasteiger partial charge in [-0.25, -0.2) is 8.42 Å². The van der Waals surface area contributed by atoms with Gasteiger partial charge in [0, 0.05) is 37.4 Å². The van der Waals surface area contributed by atoms with Gasteiger partial charge in [0.2, 0.25) is 0 Å². The zero-order valence-corrected chi connectivity index (χ0v) is 21.2. The topological polar surface area (TPSA) is 82.1 Å². The summed E-state index contributed by atoms with van der Waals surface area (Å²) < 4.78 is 73.1. The molecular weight excluding hydrogens is 503 g/mol. The number of thiophene rings is 1. The molecule has 0 saturated carbocycles. The van der Waals surface area contributed by atoms with Gasteiger partial charge in [-0.15, -0.1) is 11.3 Å². The molecule has 2 saturated heterocycles. The minimum Gasteiger partial charge on any atom is -0.378 e. The molecule has 2 aliphatic heterocycles. The molecule has 1 aromatic heterocycles. The van der Waals surface area contributed by atoms with Crippen LogP contribution in [0.2, 0.25) is 0 Å². The average Bonchev–Trinajstić information content (AvgIpc) is 3.31. The second kappa shape index (κ2) is 9.98. The first kappa shape index (κ1) is 26.4. The summed E-state index contributed by atoms with van der Waals surface area (Å²) in [6.07, 6.45) is -4.17. The van der Waals surface area contributed by atoms with Gasteiger partial charge in [0.05, 0.1) is 19.3 Å². The Bertz CT molecular complexity index is 1090. The lowest BCUT2D eigenvalue weighted by atomic mass is 9.94. The summed E-state index contributed by atoms with van der Waals surface area (Å²) in [7, 11) is -3.63. The first-order valence-electron chi connectivity index (χ1n) is 11.4. The number of hydrogen-bond acceptors (Lipinski definition) is 7. The minimum atomic E-state index is -4.80. The summed E-state index contributed by atoms with van der Waals surface area (Å²) in [5.74, 6) is 0. The average molecular weight is 534 g/mol. The number of alkyl halides is 3. The largest absolute Gasteiger partial charge is 0.421 e. The van der Waals surface area contributed by atoms with Gasteiger partial charge in [-0.3, -0.25) is 0 Å². The van der Waals surface area contributed by atoms with E-state index in [0.29, 0.717) is 36.1 Å². The monoisotopic (exact) mass is 533 g/mol. The molecule has 3 atom stereocenters. The predicted molar refractivity (Wildman–Crippen MR) is 128 cm³/mol. The predicted octanol–water partition coefficient (Wildman–Crippen LogP) is 3.16. The fraction of sp³-hybridized carbons (Fsp3) is 0.565. The number of nitrogens with zero attached hydrogens (tertiary/aromatic N) is 2. The quantitative estimate of drug-likeness (QED) is 0.543. The summed E-state index contributed by atoms with van der Waals surface area (Å²) >= 11 is 1.18. The smallest absolute Gasteiger partial charge is 0.378 e. The highest BCUT2D eigenvalue weighted by Crippen LogP contribution is 2.39. The van der Waals surface area contributed by atoms with Crippen LogP contribution in [-0.2, 0) is 20.4 Å². The molecule has 2 aliphatic rings. The van der Waals surface area contributed by atoms with Crippen LogP contribution in [0.25, 0.3) is 0 Å². The van der Waals surface area contributed by atoms with Gasteiger partial charge in [0.15, 0.2) is 5.60 Å². The molecule has 4 rings (SSSR count). The Labute approximate surface area is 207 Å². The van der Waals surface area contributed by atoms with Crippen molar-refractivity contribution in [1.29, 1.82) is 0 Å². The van der Waals surface area contributed by atoms with Crippen molar-refractivity contribution in [3.8, 4) is 0 Å². The van der Waals surface area contributed by atoms with Gasteiger partial charge in [-0.1, -0.05) is 18.2 Å². The Morgan fingerprint density at radius 2 is 1.89 bits per heavy atom. The van der Waals surface area contributed by atoms with Gasteiger partial charge in [0.25, 0.3) is 10.0 Å². The molecule has 0 bridgehead atoms. The Morgan fingerprint density at radius 3 is 2.43 bits per heavy atom. The van der Waals surface area contributed by atoms with Crippen LogP contribution in [0.4, 0.5) is 18.9 Å². The maximum atomic E-state index is 13.3. The van der Waals surface area contributed by atoms with Crippen LogP contribution in [0.1, 0.15) is 25.8 Å². The van der Waals surface area contributed by atoms with Crippen molar-refractivity contribution < 1.29 is 31.4 Å². The fourth-order valence-corrected chi connectivity index (χ4v) is 7.09. The highest BCUT2D eigenvalue weighted by Gasteiger charge is 2.51. The highest BCUT2D eigenvalue weighted by atomic mass is 32.2. The van der Waals surface area contributed by atoms with E-state index < -0.39 is 21.8 Å². The molecule has 2 unspecified atom stereocenters. The molecule has 0 amide bonds. The van der Waals surface area contributed by atoms with Crippen molar-refractivity contribution in [2.75, 3.05) is 37.7 Å². The third kappa shape index (κ3) is 5.52. The van der Waals surface area contributed by atoms with Crippen molar-refractivity contribution in [2.24, 2.45) is 0 Å². The number of halogens is 3.